The van der Waals surface area contributed by atoms with Crippen LogP contribution in [0.1, 0.15) is 32.1 Å². The average molecular weight is 281 g/mol. The Bertz CT molecular complexity index is 300. The van der Waals surface area contributed by atoms with E-state index in [2.05, 4.69) is 22.2 Å². The molecule has 0 spiro atoms. The van der Waals surface area contributed by atoms with Gasteiger partial charge in [0.2, 0.25) is 0 Å². The summed E-state index contributed by atoms with van der Waals surface area (Å²) in [6.45, 7) is 9.25. The third-order valence-corrected chi connectivity index (χ3v) is 5.12. The third-order valence-electron chi connectivity index (χ3n) is 5.12. The molecule has 4 heteroatoms. The van der Waals surface area contributed by atoms with Gasteiger partial charge in [0.15, 0.2) is 0 Å². The van der Waals surface area contributed by atoms with Crippen LogP contribution in [-0.2, 0) is 4.74 Å². The number of hydrogen-bond acceptors (Lipinski definition) is 4. The maximum atomic E-state index is 5.85. The molecule has 2 heterocycles. The van der Waals surface area contributed by atoms with E-state index in [9.17, 15) is 0 Å². The fourth-order valence-electron chi connectivity index (χ4n) is 3.61. The first-order chi connectivity index (χ1) is 9.76. The molecular formula is C16H31N3O. The molecule has 1 atom stereocenters. The number of ether oxygens (including phenoxy) is 1. The first kappa shape index (κ1) is 14.8. The second-order valence-electron chi connectivity index (χ2n) is 7.24. The molecule has 2 saturated heterocycles. The van der Waals surface area contributed by atoms with Crippen molar-refractivity contribution in [1.82, 2.24) is 15.1 Å². The predicted molar refractivity (Wildman–Crippen MR) is 82.1 cm³/mol. The van der Waals surface area contributed by atoms with Crippen LogP contribution >= 0.6 is 0 Å². The second-order valence-corrected chi connectivity index (χ2v) is 7.24. The van der Waals surface area contributed by atoms with E-state index < -0.39 is 0 Å². The quantitative estimate of drug-likeness (QED) is 0.819. The lowest BCUT2D eigenvalue weighted by molar-refractivity contribution is -0.0258. The van der Waals surface area contributed by atoms with E-state index in [1.807, 2.05) is 0 Å². The van der Waals surface area contributed by atoms with Crippen LogP contribution < -0.4 is 5.32 Å². The van der Waals surface area contributed by atoms with Gasteiger partial charge in [0.05, 0.1) is 6.61 Å². The van der Waals surface area contributed by atoms with Crippen molar-refractivity contribution in [2.45, 2.75) is 38.1 Å². The summed E-state index contributed by atoms with van der Waals surface area (Å²) in [5.41, 5.74) is 0.365. The van der Waals surface area contributed by atoms with Crippen molar-refractivity contribution >= 4 is 0 Å². The van der Waals surface area contributed by atoms with Crippen LogP contribution in [0, 0.1) is 5.41 Å². The van der Waals surface area contributed by atoms with Crippen molar-refractivity contribution in [2.24, 2.45) is 5.41 Å². The smallest absolute Gasteiger partial charge is 0.0546 e. The normalized spacial score (nSPS) is 34.0. The lowest BCUT2D eigenvalue weighted by Gasteiger charge is -2.41. The molecule has 0 bridgehead atoms. The molecule has 1 aliphatic carbocycles. The van der Waals surface area contributed by atoms with Crippen molar-refractivity contribution < 1.29 is 4.74 Å². The largest absolute Gasteiger partial charge is 0.381 e. The van der Waals surface area contributed by atoms with E-state index in [0.717, 1.165) is 25.8 Å². The van der Waals surface area contributed by atoms with Gasteiger partial charge in [0.25, 0.3) is 0 Å². The first-order valence-corrected chi connectivity index (χ1v) is 8.48. The van der Waals surface area contributed by atoms with Crippen LogP contribution in [0.25, 0.3) is 0 Å². The monoisotopic (exact) mass is 281 g/mol. The highest BCUT2D eigenvalue weighted by Crippen LogP contribution is 2.31. The van der Waals surface area contributed by atoms with E-state index in [0.29, 0.717) is 5.41 Å². The molecule has 0 aromatic carbocycles. The summed E-state index contributed by atoms with van der Waals surface area (Å²) in [5.74, 6) is 0. The fraction of sp³-hybridized carbons (Fsp3) is 1.00. The van der Waals surface area contributed by atoms with Crippen molar-refractivity contribution in [2.75, 3.05) is 59.5 Å². The van der Waals surface area contributed by atoms with Crippen LogP contribution in [0.5, 0.6) is 0 Å². The van der Waals surface area contributed by atoms with Crippen LogP contribution in [0.15, 0.2) is 0 Å². The Hall–Kier alpha value is -0.160. The minimum Gasteiger partial charge on any atom is -0.381 e. The summed E-state index contributed by atoms with van der Waals surface area (Å²) >= 11 is 0. The standard InChI is InChI=1S/C16H31N3O/c1-18-7-3-8-19(10-9-18)13-16(6-2-11-20-14-16)12-17-15-4-5-15/h15,17H,2-14H2,1H3. The van der Waals surface area contributed by atoms with Gasteiger partial charge in [0, 0.05) is 44.2 Å². The molecule has 0 aromatic rings. The Kier molecular flexibility index (Phi) is 4.97. The van der Waals surface area contributed by atoms with E-state index in [1.54, 1.807) is 0 Å². The highest BCUT2D eigenvalue weighted by Gasteiger charge is 2.36. The lowest BCUT2D eigenvalue weighted by atomic mass is 9.81. The number of rotatable bonds is 5. The van der Waals surface area contributed by atoms with Gasteiger partial charge < -0.3 is 19.9 Å². The van der Waals surface area contributed by atoms with Crippen molar-refractivity contribution in [1.29, 1.82) is 0 Å². The van der Waals surface area contributed by atoms with Crippen molar-refractivity contribution in [3.05, 3.63) is 0 Å². The Balaban J connectivity index is 1.56. The molecule has 116 valence electrons. The molecular weight excluding hydrogens is 250 g/mol. The minimum absolute atomic E-state index is 0.365. The van der Waals surface area contributed by atoms with Gasteiger partial charge in [-0.15, -0.1) is 0 Å². The fourth-order valence-corrected chi connectivity index (χ4v) is 3.61. The molecule has 0 amide bonds. The molecule has 3 rings (SSSR count). The number of likely N-dealkylation sites (N-methyl/N-ethyl adjacent to an activating group) is 1. The molecule has 3 aliphatic rings. The van der Waals surface area contributed by atoms with Crippen LogP contribution in [0.4, 0.5) is 0 Å². The molecule has 3 fully saturated rings. The van der Waals surface area contributed by atoms with Gasteiger partial charge in [-0.25, -0.2) is 0 Å². The zero-order valence-corrected chi connectivity index (χ0v) is 13.1. The molecule has 20 heavy (non-hydrogen) atoms. The zero-order valence-electron chi connectivity index (χ0n) is 13.1. The van der Waals surface area contributed by atoms with Gasteiger partial charge in [-0.1, -0.05) is 0 Å². The second kappa shape index (κ2) is 6.73. The van der Waals surface area contributed by atoms with Crippen molar-refractivity contribution in [3.8, 4) is 0 Å². The summed E-state index contributed by atoms with van der Waals surface area (Å²) in [5, 5.41) is 3.76. The third kappa shape index (κ3) is 4.17. The van der Waals surface area contributed by atoms with E-state index in [1.165, 1.54) is 64.8 Å². The first-order valence-electron chi connectivity index (χ1n) is 8.48. The maximum Gasteiger partial charge on any atom is 0.0546 e. The number of hydrogen-bond donors (Lipinski definition) is 1. The van der Waals surface area contributed by atoms with Crippen LogP contribution in [0.2, 0.25) is 0 Å². The molecule has 1 unspecified atom stereocenters. The predicted octanol–water partition coefficient (Wildman–Crippen LogP) is 1.17. The summed E-state index contributed by atoms with van der Waals surface area (Å²) in [7, 11) is 2.25. The lowest BCUT2D eigenvalue weighted by Crippen LogP contribution is -2.50. The van der Waals surface area contributed by atoms with E-state index in [-0.39, 0.29) is 0 Å². The summed E-state index contributed by atoms with van der Waals surface area (Å²) < 4.78 is 5.85. The Morgan fingerprint density at radius 3 is 2.80 bits per heavy atom. The summed E-state index contributed by atoms with van der Waals surface area (Å²) in [4.78, 5) is 5.15. The molecule has 2 aliphatic heterocycles. The van der Waals surface area contributed by atoms with Gasteiger partial charge in [-0.3, -0.25) is 0 Å². The number of nitrogens with one attached hydrogen (secondary N) is 1. The van der Waals surface area contributed by atoms with Crippen molar-refractivity contribution in [3.63, 3.8) is 0 Å². The highest BCUT2D eigenvalue weighted by molar-refractivity contribution is 4.91. The van der Waals surface area contributed by atoms with Crippen LogP contribution in [0.3, 0.4) is 0 Å². The van der Waals surface area contributed by atoms with E-state index in [4.69, 9.17) is 4.74 Å². The molecule has 1 N–H and O–H groups in total. The zero-order chi connectivity index (χ0) is 13.8. The molecule has 1 saturated carbocycles. The summed E-state index contributed by atoms with van der Waals surface area (Å²) in [6.07, 6.45) is 6.64. The van der Waals surface area contributed by atoms with Crippen LogP contribution in [-0.4, -0.2) is 75.4 Å². The molecule has 4 nitrogen and oxygen atoms in total. The van der Waals surface area contributed by atoms with Gasteiger partial charge in [-0.05, 0) is 52.2 Å². The topological polar surface area (TPSA) is 27.7 Å². The number of nitrogens with zero attached hydrogens (tertiary/aromatic N) is 2. The average Bonchev–Trinajstić information content (AvgIpc) is 3.28. The Morgan fingerprint density at radius 2 is 2.05 bits per heavy atom. The van der Waals surface area contributed by atoms with Gasteiger partial charge >= 0.3 is 0 Å². The van der Waals surface area contributed by atoms with Gasteiger partial charge in [0.1, 0.15) is 0 Å². The Morgan fingerprint density at radius 1 is 1.15 bits per heavy atom. The maximum absolute atomic E-state index is 5.85. The minimum atomic E-state index is 0.365. The summed E-state index contributed by atoms with van der Waals surface area (Å²) in [6, 6.07) is 0.809. The van der Waals surface area contributed by atoms with E-state index >= 15 is 0 Å². The SMILES string of the molecule is CN1CCCN(CC2(CNC3CC3)CCCOC2)CC1. The molecule has 0 radical (unpaired) electrons. The highest BCUT2D eigenvalue weighted by atomic mass is 16.5. The molecule has 0 aromatic heterocycles. The van der Waals surface area contributed by atoms with Gasteiger partial charge in [-0.2, -0.15) is 0 Å². The Labute approximate surface area is 123 Å².